The molecule has 2 N–H and O–H groups in total. The standard InChI is InChI=1S/C15H16N2O2/c1-18-13-8-12(9-14(10-13)19-2)17-15(16)11-6-4-3-5-7-11/h3-10H,1-2H3,(H2,16,17). The predicted molar refractivity (Wildman–Crippen MR) is 76.4 cm³/mol. The van der Waals surface area contributed by atoms with Crippen molar-refractivity contribution in [2.45, 2.75) is 0 Å². The van der Waals surface area contributed by atoms with Gasteiger partial charge in [0.2, 0.25) is 0 Å². The summed E-state index contributed by atoms with van der Waals surface area (Å²) in [4.78, 5) is 4.38. The van der Waals surface area contributed by atoms with E-state index >= 15 is 0 Å². The quantitative estimate of drug-likeness (QED) is 0.676. The first-order valence-corrected chi connectivity index (χ1v) is 5.85. The molecular weight excluding hydrogens is 240 g/mol. The maximum atomic E-state index is 5.98. The lowest BCUT2D eigenvalue weighted by Gasteiger charge is -2.06. The molecule has 0 aliphatic heterocycles. The average molecular weight is 256 g/mol. The molecule has 4 nitrogen and oxygen atoms in total. The molecule has 2 aromatic rings. The lowest BCUT2D eigenvalue weighted by atomic mass is 10.2. The zero-order valence-electron chi connectivity index (χ0n) is 11.0. The molecule has 98 valence electrons. The zero-order valence-corrected chi connectivity index (χ0v) is 11.0. The number of rotatable bonds is 4. The van der Waals surface area contributed by atoms with Crippen LogP contribution in [0.3, 0.4) is 0 Å². The van der Waals surface area contributed by atoms with Crippen molar-refractivity contribution in [2.75, 3.05) is 14.2 Å². The summed E-state index contributed by atoms with van der Waals surface area (Å²) in [6.07, 6.45) is 0. The van der Waals surface area contributed by atoms with Gasteiger partial charge in [-0.2, -0.15) is 0 Å². The van der Waals surface area contributed by atoms with E-state index in [2.05, 4.69) is 4.99 Å². The number of aliphatic imine (C=N–C) groups is 1. The van der Waals surface area contributed by atoms with Gasteiger partial charge < -0.3 is 15.2 Å². The van der Waals surface area contributed by atoms with Crippen LogP contribution in [0, 0.1) is 0 Å². The zero-order chi connectivity index (χ0) is 13.7. The van der Waals surface area contributed by atoms with Gasteiger partial charge in [-0.15, -0.1) is 0 Å². The summed E-state index contributed by atoms with van der Waals surface area (Å²) in [5.74, 6) is 1.81. The smallest absolute Gasteiger partial charge is 0.131 e. The predicted octanol–water partition coefficient (Wildman–Crippen LogP) is 2.74. The molecule has 0 spiro atoms. The molecule has 0 aromatic heterocycles. The van der Waals surface area contributed by atoms with Crippen LogP contribution in [0.2, 0.25) is 0 Å². The van der Waals surface area contributed by atoms with Crippen molar-refractivity contribution < 1.29 is 9.47 Å². The third kappa shape index (κ3) is 3.25. The van der Waals surface area contributed by atoms with Gasteiger partial charge in [-0.25, -0.2) is 4.99 Å². The summed E-state index contributed by atoms with van der Waals surface area (Å²) in [5, 5.41) is 0. The topological polar surface area (TPSA) is 56.8 Å². The number of methoxy groups -OCH3 is 2. The van der Waals surface area contributed by atoms with Gasteiger partial charge >= 0.3 is 0 Å². The molecule has 0 radical (unpaired) electrons. The molecule has 0 bridgehead atoms. The first kappa shape index (κ1) is 13.0. The summed E-state index contributed by atoms with van der Waals surface area (Å²) < 4.78 is 10.4. The van der Waals surface area contributed by atoms with Crippen molar-refractivity contribution in [1.82, 2.24) is 0 Å². The number of hydrogen-bond acceptors (Lipinski definition) is 3. The monoisotopic (exact) mass is 256 g/mol. The normalized spacial score (nSPS) is 11.2. The fourth-order valence-electron chi connectivity index (χ4n) is 1.67. The summed E-state index contributed by atoms with van der Waals surface area (Å²) in [7, 11) is 3.20. The second-order valence-corrected chi connectivity index (χ2v) is 3.93. The third-order valence-corrected chi connectivity index (χ3v) is 2.66. The largest absolute Gasteiger partial charge is 0.497 e. The Morgan fingerprint density at radius 1 is 0.947 bits per heavy atom. The Labute approximate surface area is 112 Å². The molecule has 2 aromatic carbocycles. The summed E-state index contributed by atoms with van der Waals surface area (Å²) in [6.45, 7) is 0. The van der Waals surface area contributed by atoms with Gasteiger partial charge in [-0.1, -0.05) is 30.3 Å². The van der Waals surface area contributed by atoms with Crippen LogP contribution in [-0.2, 0) is 0 Å². The van der Waals surface area contributed by atoms with E-state index in [1.807, 2.05) is 30.3 Å². The van der Waals surface area contributed by atoms with Gasteiger partial charge in [0.25, 0.3) is 0 Å². The van der Waals surface area contributed by atoms with Crippen molar-refractivity contribution in [1.29, 1.82) is 0 Å². The van der Waals surface area contributed by atoms with Gasteiger partial charge in [0.05, 0.1) is 19.9 Å². The molecule has 0 saturated heterocycles. The highest BCUT2D eigenvalue weighted by Crippen LogP contribution is 2.27. The number of nitrogens with two attached hydrogens (primary N) is 1. The lowest BCUT2D eigenvalue weighted by Crippen LogP contribution is -2.12. The average Bonchev–Trinajstić information content (AvgIpc) is 2.47. The highest BCUT2D eigenvalue weighted by molar-refractivity contribution is 5.99. The van der Waals surface area contributed by atoms with E-state index in [0.29, 0.717) is 23.0 Å². The van der Waals surface area contributed by atoms with Gasteiger partial charge in [0.1, 0.15) is 17.3 Å². The van der Waals surface area contributed by atoms with Crippen LogP contribution in [-0.4, -0.2) is 20.1 Å². The Kier molecular flexibility index (Phi) is 4.03. The fourth-order valence-corrected chi connectivity index (χ4v) is 1.67. The fraction of sp³-hybridized carbons (Fsp3) is 0.133. The van der Waals surface area contributed by atoms with Crippen LogP contribution >= 0.6 is 0 Å². The number of nitrogens with zero attached hydrogens (tertiary/aromatic N) is 1. The van der Waals surface area contributed by atoms with Crippen molar-refractivity contribution in [3.63, 3.8) is 0 Å². The molecule has 0 fully saturated rings. The van der Waals surface area contributed by atoms with Crippen LogP contribution in [0.4, 0.5) is 5.69 Å². The molecular formula is C15H16N2O2. The Morgan fingerprint density at radius 3 is 2.05 bits per heavy atom. The van der Waals surface area contributed by atoms with Crippen LogP contribution in [0.5, 0.6) is 11.5 Å². The van der Waals surface area contributed by atoms with Crippen LogP contribution in [0.25, 0.3) is 0 Å². The first-order chi connectivity index (χ1) is 9.22. The molecule has 0 unspecified atom stereocenters. The van der Waals surface area contributed by atoms with Crippen molar-refractivity contribution in [2.24, 2.45) is 10.7 Å². The second-order valence-electron chi connectivity index (χ2n) is 3.93. The van der Waals surface area contributed by atoms with Gasteiger partial charge in [0, 0.05) is 23.8 Å². The molecule has 0 amide bonds. The third-order valence-electron chi connectivity index (χ3n) is 2.66. The maximum Gasteiger partial charge on any atom is 0.131 e. The first-order valence-electron chi connectivity index (χ1n) is 5.85. The van der Waals surface area contributed by atoms with Crippen molar-refractivity contribution in [3.05, 3.63) is 54.1 Å². The number of benzene rings is 2. The lowest BCUT2D eigenvalue weighted by molar-refractivity contribution is 0.394. The molecule has 0 saturated carbocycles. The minimum atomic E-state index is 0.455. The number of hydrogen-bond donors (Lipinski definition) is 1. The van der Waals surface area contributed by atoms with Gasteiger partial charge in [-0.3, -0.25) is 0 Å². The number of amidine groups is 1. The van der Waals surface area contributed by atoms with Crippen LogP contribution in [0.1, 0.15) is 5.56 Å². The van der Waals surface area contributed by atoms with E-state index in [0.717, 1.165) is 5.56 Å². The summed E-state index contributed by atoms with van der Waals surface area (Å²) >= 11 is 0. The molecule has 0 heterocycles. The minimum absolute atomic E-state index is 0.455. The Balaban J connectivity index is 2.37. The van der Waals surface area contributed by atoms with E-state index in [1.54, 1.807) is 32.4 Å². The SMILES string of the molecule is COc1cc(N=C(N)c2ccccc2)cc(OC)c1. The molecule has 2 rings (SSSR count). The Morgan fingerprint density at radius 2 is 1.53 bits per heavy atom. The molecule has 4 heteroatoms. The number of ether oxygens (including phenoxy) is 2. The molecule has 0 aliphatic rings. The van der Waals surface area contributed by atoms with E-state index < -0.39 is 0 Å². The highest BCUT2D eigenvalue weighted by Gasteiger charge is 2.03. The second kappa shape index (κ2) is 5.91. The molecule has 0 aliphatic carbocycles. The van der Waals surface area contributed by atoms with E-state index in [1.165, 1.54) is 0 Å². The van der Waals surface area contributed by atoms with Crippen LogP contribution < -0.4 is 15.2 Å². The van der Waals surface area contributed by atoms with Crippen molar-refractivity contribution in [3.8, 4) is 11.5 Å². The van der Waals surface area contributed by atoms with E-state index in [-0.39, 0.29) is 0 Å². The Bertz CT molecular complexity index is 558. The van der Waals surface area contributed by atoms with Crippen molar-refractivity contribution >= 4 is 11.5 Å². The van der Waals surface area contributed by atoms with Gasteiger partial charge in [-0.05, 0) is 0 Å². The highest BCUT2D eigenvalue weighted by atomic mass is 16.5. The summed E-state index contributed by atoms with van der Waals surface area (Å²) in [5.41, 5.74) is 7.55. The molecule has 0 atom stereocenters. The molecule has 19 heavy (non-hydrogen) atoms. The minimum Gasteiger partial charge on any atom is -0.497 e. The Hall–Kier alpha value is -2.49. The van der Waals surface area contributed by atoms with Crippen LogP contribution in [0.15, 0.2) is 53.5 Å². The van der Waals surface area contributed by atoms with E-state index in [9.17, 15) is 0 Å². The van der Waals surface area contributed by atoms with Gasteiger partial charge in [0.15, 0.2) is 0 Å². The summed E-state index contributed by atoms with van der Waals surface area (Å²) in [6, 6.07) is 15.0. The van der Waals surface area contributed by atoms with E-state index in [4.69, 9.17) is 15.2 Å². The maximum absolute atomic E-state index is 5.98.